The standard InChI is InChI=1S/C16H17F4N5O2/c1-25-8-11(13(24-25)27-9-16(18,19)20)22-14(26)23-15(5-3-6-15)12-10(17)4-2-7-21-12/h2,4,7-8H,3,5-6,9H2,1H3,(H2,22,23,26). The van der Waals surface area contributed by atoms with E-state index in [4.69, 9.17) is 0 Å². The third-order valence-corrected chi connectivity index (χ3v) is 4.19. The molecule has 2 aromatic heterocycles. The quantitative estimate of drug-likeness (QED) is 0.773. The second-order valence-corrected chi connectivity index (χ2v) is 6.27. The van der Waals surface area contributed by atoms with E-state index in [2.05, 4.69) is 25.5 Å². The van der Waals surface area contributed by atoms with Gasteiger partial charge in [0.2, 0.25) is 0 Å². The molecule has 1 aliphatic carbocycles. The number of rotatable bonds is 5. The largest absolute Gasteiger partial charge is 0.465 e. The molecule has 2 heterocycles. The van der Waals surface area contributed by atoms with E-state index in [0.29, 0.717) is 12.8 Å². The highest BCUT2D eigenvalue weighted by Gasteiger charge is 2.43. The van der Waals surface area contributed by atoms with Crippen LogP contribution in [0.15, 0.2) is 24.5 Å². The smallest absolute Gasteiger partial charge is 0.422 e. The number of ether oxygens (including phenoxy) is 1. The Balaban J connectivity index is 1.72. The third kappa shape index (κ3) is 4.29. The Kier molecular flexibility index (Phi) is 4.94. The summed E-state index contributed by atoms with van der Waals surface area (Å²) in [4.78, 5) is 16.4. The first-order chi connectivity index (χ1) is 12.7. The molecule has 2 N–H and O–H groups in total. The van der Waals surface area contributed by atoms with Crippen LogP contribution in [0.4, 0.5) is 28.0 Å². The minimum Gasteiger partial charge on any atom is -0.465 e. The number of hydrogen-bond donors (Lipinski definition) is 2. The van der Waals surface area contributed by atoms with Crippen LogP contribution in [0.25, 0.3) is 0 Å². The van der Waals surface area contributed by atoms with Gasteiger partial charge in [0.15, 0.2) is 6.61 Å². The van der Waals surface area contributed by atoms with Crippen molar-refractivity contribution in [2.75, 3.05) is 11.9 Å². The molecule has 1 saturated carbocycles. The van der Waals surface area contributed by atoms with Crippen molar-refractivity contribution in [3.63, 3.8) is 0 Å². The summed E-state index contributed by atoms with van der Waals surface area (Å²) in [5.74, 6) is -0.898. The lowest BCUT2D eigenvalue weighted by atomic mass is 9.74. The van der Waals surface area contributed by atoms with Crippen LogP contribution in [-0.2, 0) is 12.6 Å². The summed E-state index contributed by atoms with van der Waals surface area (Å²) in [7, 11) is 1.47. The van der Waals surface area contributed by atoms with E-state index in [9.17, 15) is 22.4 Å². The second-order valence-electron chi connectivity index (χ2n) is 6.27. The van der Waals surface area contributed by atoms with Crippen LogP contribution in [0.5, 0.6) is 5.88 Å². The van der Waals surface area contributed by atoms with E-state index in [1.807, 2.05) is 0 Å². The maximum Gasteiger partial charge on any atom is 0.422 e. The summed E-state index contributed by atoms with van der Waals surface area (Å²) < 4.78 is 56.9. The number of hydrogen-bond acceptors (Lipinski definition) is 4. The number of pyridine rings is 1. The number of carbonyl (C=O) groups is 1. The molecule has 0 radical (unpaired) electrons. The summed E-state index contributed by atoms with van der Waals surface area (Å²) in [6.45, 7) is -1.54. The molecule has 1 fully saturated rings. The zero-order valence-corrected chi connectivity index (χ0v) is 14.3. The van der Waals surface area contributed by atoms with Crippen LogP contribution in [0.1, 0.15) is 25.0 Å². The highest BCUT2D eigenvalue weighted by atomic mass is 19.4. The number of aryl methyl sites for hydroxylation is 1. The van der Waals surface area contributed by atoms with Gasteiger partial charge in [0.05, 0.1) is 11.7 Å². The van der Waals surface area contributed by atoms with E-state index in [1.165, 1.54) is 36.3 Å². The number of nitrogens with zero attached hydrogens (tertiary/aromatic N) is 3. The molecule has 0 saturated heterocycles. The average molecular weight is 387 g/mol. The zero-order valence-electron chi connectivity index (χ0n) is 14.3. The molecule has 0 aromatic carbocycles. The van der Waals surface area contributed by atoms with Crippen molar-refractivity contribution < 1.29 is 27.1 Å². The van der Waals surface area contributed by atoms with Crippen molar-refractivity contribution in [2.24, 2.45) is 7.05 Å². The fraction of sp³-hybridized carbons (Fsp3) is 0.438. The average Bonchev–Trinajstić information content (AvgIpc) is 2.88. The molecule has 0 atom stereocenters. The Morgan fingerprint density at radius 3 is 2.74 bits per heavy atom. The van der Waals surface area contributed by atoms with Crippen LogP contribution in [0.2, 0.25) is 0 Å². The van der Waals surface area contributed by atoms with Crippen molar-refractivity contribution in [1.82, 2.24) is 20.1 Å². The van der Waals surface area contributed by atoms with Crippen molar-refractivity contribution in [2.45, 2.75) is 31.0 Å². The van der Waals surface area contributed by atoms with E-state index in [1.54, 1.807) is 0 Å². The number of alkyl halides is 3. The van der Waals surface area contributed by atoms with E-state index < -0.39 is 30.2 Å². The molecule has 0 aliphatic heterocycles. The van der Waals surface area contributed by atoms with Gasteiger partial charge in [-0.3, -0.25) is 9.67 Å². The van der Waals surface area contributed by atoms with Crippen molar-refractivity contribution >= 4 is 11.7 Å². The number of urea groups is 1. The van der Waals surface area contributed by atoms with Crippen LogP contribution < -0.4 is 15.4 Å². The highest BCUT2D eigenvalue weighted by molar-refractivity contribution is 5.91. The zero-order chi connectivity index (χ0) is 19.7. The Hall–Kier alpha value is -2.85. The fourth-order valence-electron chi connectivity index (χ4n) is 2.87. The lowest BCUT2D eigenvalue weighted by molar-refractivity contribution is -0.154. The topological polar surface area (TPSA) is 81.1 Å². The van der Waals surface area contributed by atoms with Crippen molar-refractivity contribution in [3.8, 4) is 5.88 Å². The number of nitrogens with one attached hydrogen (secondary N) is 2. The Morgan fingerprint density at radius 1 is 1.41 bits per heavy atom. The predicted molar refractivity (Wildman–Crippen MR) is 86.6 cm³/mol. The molecule has 0 unspecified atom stereocenters. The van der Waals surface area contributed by atoms with Gasteiger partial charge in [-0.1, -0.05) is 0 Å². The summed E-state index contributed by atoms with van der Waals surface area (Å²) in [5, 5.41) is 8.83. The molecule has 7 nitrogen and oxygen atoms in total. The minimum atomic E-state index is -4.54. The molecule has 0 spiro atoms. The summed E-state index contributed by atoms with van der Waals surface area (Å²) in [5.41, 5.74) is -0.855. The van der Waals surface area contributed by atoms with Gasteiger partial charge in [-0.15, -0.1) is 5.10 Å². The molecule has 11 heteroatoms. The Bertz CT molecular complexity index is 832. The van der Waals surface area contributed by atoms with Crippen LogP contribution in [0, 0.1) is 5.82 Å². The Labute approximate surface area is 151 Å². The molecule has 27 heavy (non-hydrogen) atoms. The highest BCUT2D eigenvalue weighted by Crippen LogP contribution is 2.41. The Morgan fingerprint density at radius 2 is 2.15 bits per heavy atom. The van der Waals surface area contributed by atoms with Crippen molar-refractivity contribution in [3.05, 3.63) is 36.0 Å². The number of carbonyl (C=O) groups excluding carboxylic acids is 1. The van der Waals surface area contributed by atoms with E-state index >= 15 is 0 Å². The number of halogens is 4. The van der Waals surface area contributed by atoms with E-state index in [-0.39, 0.29) is 17.3 Å². The first-order valence-corrected chi connectivity index (χ1v) is 8.12. The lowest BCUT2D eigenvalue weighted by Gasteiger charge is -2.41. The van der Waals surface area contributed by atoms with Gasteiger partial charge in [0, 0.05) is 13.2 Å². The monoisotopic (exact) mass is 387 g/mol. The van der Waals surface area contributed by atoms with Gasteiger partial charge in [-0.2, -0.15) is 13.2 Å². The molecule has 1 aliphatic rings. The van der Waals surface area contributed by atoms with Gasteiger partial charge >= 0.3 is 12.2 Å². The molecule has 2 amide bonds. The van der Waals surface area contributed by atoms with Crippen LogP contribution >= 0.6 is 0 Å². The maximum atomic E-state index is 14.1. The minimum absolute atomic E-state index is 0.0322. The number of amides is 2. The van der Waals surface area contributed by atoms with Crippen molar-refractivity contribution in [1.29, 1.82) is 0 Å². The lowest BCUT2D eigenvalue weighted by Crippen LogP contribution is -2.53. The second kappa shape index (κ2) is 7.05. The normalized spacial score (nSPS) is 15.7. The van der Waals surface area contributed by atoms with Gasteiger partial charge < -0.3 is 15.4 Å². The summed E-state index contributed by atoms with van der Waals surface area (Å²) in [6.07, 6.45) is -0.0212. The van der Waals surface area contributed by atoms with Crippen LogP contribution in [0.3, 0.4) is 0 Å². The molecular weight excluding hydrogens is 370 g/mol. The SMILES string of the molecule is Cn1cc(NC(=O)NC2(c3ncccc3F)CCC2)c(OCC(F)(F)F)n1. The summed E-state index contributed by atoms with van der Waals surface area (Å²) >= 11 is 0. The van der Waals surface area contributed by atoms with Gasteiger partial charge in [-0.05, 0) is 31.4 Å². The fourth-order valence-corrected chi connectivity index (χ4v) is 2.87. The van der Waals surface area contributed by atoms with Gasteiger partial charge in [-0.25, -0.2) is 9.18 Å². The van der Waals surface area contributed by atoms with E-state index in [0.717, 1.165) is 6.42 Å². The van der Waals surface area contributed by atoms with Crippen LogP contribution in [-0.4, -0.2) is 33.6 Å². The predicted octanol–water partition coefficient (Wildman–Crippen LogP) is 3.10. The summed E-state index contributed by atoms with van der Waals surface area (Å²) in [6, 6.07) is 1.99. The third-order valence-electron chi connectivity index (χ3n) is 4.19. The number of aromatic nitrogens is 3. The molecule has 3 rings (SSSR count). The van der Waals surface area contributed by atoms with Gasteiger partial charge in [0.1, 0.15) is 17.2 Å². The molecular formula is C16H17F4N5O2. The first-order valence-electron chi connectivity index (χ1n) is 8.12. The molecule has 146 valence electrons. The maximum absolute atomic E-state index is 14.1. The molecule has 2 aromatic rings. The van der Waals surface area contributed by atoms with Gasteiger partial charge in [0.25, 0.3) is 5.88 Å². The number of anilines is 1. The first kappa shape index (κ1) is 18.9. The molecule has 0 bridgehead atoms.